The van der Waals surface area contributed by atoms with Crippen molar-refractivity contribution in [1.29, 1.82) is 0 Å². The minimum Gasteiger partial charge on any atom is -0.381 e. The molecule has 1 atom stereocenters. The van der Waals surface area contributed by atoms with Crippen LogP contribution in [0.25, 0.3) is 0 Å². The average Bonchev–Trinajstić information content (AvgIpc) is 2.86. The number of ether oxygens (including phenoxy) is 2. The van der Waals surface area contributed by atoms with Gasteiger partial charge in [0.2, 0.25) is 0 Å². The molecule has 0 aromatic heterocycles. The van der Waals surface area contributed by atoms with Crippen molar-refractivity contribution >= 4 is 27.3 Å². The second kappa shape index (κ2) is 5.85. The molecular weight excluding hydrogens is 316 g/mol. The van der Waals surface area contributed by atoms with Crippen LogP contribution in [-0.2, 0) is 9.47 Å². The Labute approximate surface area is 119 Å². The van der Waals surface area contributed by atoms with Crippen LogP contribution >= 0.6 is 15.9 Å². The van der Waals surface area contributed by atoms with Crippen LogP contribution in [0.1, 0.15) is 6.42 Å². The van der Waals surface area contributed by atoms with Crippen molar-refractivity contribution in [2.45, 2.75) is 12.0 Å². The Kier molecular flexibility index (Phi) is 4.38. The Morgan fingerprint density at radius 3 is 2.95 bits per heavy atom. The largest absolute Gasteiger partial charge is 0.381 e. The second-order valence-electron chi connectivity index (χ2n) is 4.46. The lowest BCUT2D eigenvalue weighted by molar-refractivity contribution is -0.384. The maximum Gasteiger partial charge on any atom is 0.270 e. The second-order valence-corrected chi connectivity index (χ2v) is 5.32. The first kappa shape index (κ1) is 14.2. The van der Waals surface area contributed by atoms with Crippen molar-refractivity contribution in [3.8, 4) is 0 Å². The zero-order chi connectivity index (χ0) is 13.9. The summed E-state index contributed by atoms with van der Waals surface area (Å²) in [6, 6.07) is 4.63. The summed E-state index contributed by atoms with van der Waals surface area (Å²) in [5.41, 5.74) is 0.540. The van der Waals surface area contributed by atoms with Crippen LogP contribution in [0.2, 0.25) is 0 Å². The molecule has 6 nitrogen and oxygen atoms in total. The standard InChI is InChI=1S/C12H15BrN2O4/c1-18-12(4-5-19-8-12)7-14-11-3-2-9(15(16)17)6-10(11)13/h2-3,6,14H,4-5,7-8H2,1H3. The summed E-state index contributed by atoms with van der Waals surface area (Å²) in [6.45, 7) is 1.85. The number of hydrogen-bond acceptors (Lipinski definition) is 5. The number of non-ortho nitro benzene ring substituents is 1. The van der Waals surface area contributed by atoms with Gasteiger partial charge in [0.05, 0.1) is 11.5 Å². The molecule has 1 fully saturated rings. The third-order valence-electron chi connectivity index (χ3n) is 3.26. The molecule has 0 amide bonds. The van der Waals surface area contributed by atoms with E-state index in [1.54, 1.807) is 13.2 Å². The Morgan fingerprint density at radius 1 is 1.63 bits per heavy atom. The molecule has 0 saturated carbocycles. The van der Waals surface area contributed by atoms with Gasteiger partial charge in [-0.05, 0) is 22.0 Å². The topological polar surface area (TPSA) is 73.6 Å². The fourth-order valence-corrected chi connectivity index (χ4v) is 2.49. The first-order valence-corrected chi connectivity index (χ1v) is 6.66. The summed E-state index contributed by atoms with van der Waals surface area (Å²) in [7, 11) is 1.67. The summed E-state index contributed by atoms with van der Waals surface area (Å²) in [5, 5.41) is 13.9. The minimum atomic E-state index is -0.421. The molecule has 104 valence electrons. The van der Waals surface area contributed by atoms with E-state index in [1.165, 1.54) is 12.1 Å². The molecule has 1 aromatic carbocycles. The van der Waals surface area contributed by atoms with E-state index in [4.69, 9.17) is 9.47 Å². The third kappa shape index (κ3) is 3.23. The number of nitrogens with zero attached hydrogens (tertiary/aromatic N) is 1. The van der Waals surface area contributed by atoms with Gasteiger partial charge in [-0.25, -0.2) is 0 Å². The molecule has 0 aliphatic carbocycles. The number of anilines is 1. The molecular formula is C12H15BrN2O4. The number of benzene rings is 1. The molecule has 1 aromatic rings. The Morgan fingerprint density at radius 2 is 2.42 bits per heavy atom. The first-order valence-electron chi connectivity index (χ1n) is 5.87. The van der Waals surface area contributed by atoms with E-state index in [-0.39, 0.29) is 11.3 Å². The van der Waals surface area contributed by atoms with Crippen LogP contribution < -0.4 is 5.32 Å². The molecule has 2 rings (SSSR count). The summed E-state index contributed by atoms with van der Waals surface area (Å²) in [5.74, 6) is 0. The molecule has 1 aliphatic rings. The highest BCUT2D eigenvalue weighted by atomic mass is 79.9. The highest BCUT2D eigenvalue weighted by molar-refractivity contribution is 9.10. The molecule has 0 radical (unpaired) electrons. The van der Waals surface area contributed by atoms with Crippen molar-refractivity contribution in [2.75, 3.05) is 32.2 Å². The van der Waals surface area contributed by atoms with Crippen molar-refractivity contribution in [2.24, 2.45) is 0 Å². The number of hydrogen-bond donors (Lipinski definition) is 1. The number of nitro benzene ring substituents is 1. The maximum absolute atomic E-state index is 10.7. The molecule has 1 N–H and O–H groups in total. The van der Waals surface area contributed by atoms with E-state index in [2.05, 4.69) is 21.2 Å². The van der Waals surface area contributed by atoms with Gasteiger partial charge < -0.3 is 14.8 Å². The third-order valence-corrected chi connectivity index (χ3v) is 3.92. The van der Waals surface area contributed by atoms with Gasteiger partial charge >= 0.3 is 0 Å². The lowest BCUT2D eigenvalue weighted by Gasteiger charge is -2.26. The zero-order valence-corrected chi connectivity index (χ0v) is 12.1. The van der Waals surface area contributed by atoms with Crippen molar-refractivity contribution in [1.82, 2.24) is 0 Å². The van der Waals surface area contributed by atoms with Gasteiger partial charge in [-0.15, -0.1) is 0 Å². The molecule has 1 aliphatic heterocycles. The minimum absolute atomic E-state index is 0.0584. The fraction of sp³-hybridized carbons (Fsp3) is 0.500. The Hall–Kier alpha value is -1.18. The van der Waals surface area contributed by atoms with Gasteiger partial charge in [-0.2, -0.15) is 0 Å². The van der Waals surface area contributed by atoms with Crippen LogP contribution in [0.4, 0.5) is 11.4 Å². The van der Waals surface area contributed by atoms with E-state index in [1.807, 2.05) is 0 Å². The Bertz CT molecular complexity index is 475. The van der Waals surface area contributed by atoms with Gasteiger partial charge in [0, 0.05) is 49.0 Å². The van der Waals surface area contributed by atoms with Gasteiger partial charge in [-0.3, -0.25) is 10.1 Å². The highest BCUT2D eigenvalue weighted by Crippen LogP contribution is 2.29. The molecule has 19 heavy (non-hydrogen) atoms. The summed E-state index contributed by atoms with van der Waals surface area (Å²) in [4.78, 5) is 10.2. The smallest absolute Gasteiger partial charge is 0.270 e. The number of methoxy groups -OCH3 is 1. The van der Waals surface area contributed by atoms with Crippen molar-refractivity contribution < 1.29 is 14.4 Å². The molecule has 1 saturated heterocycles. The number of nitro groups is 1. The quantitative estimate of drug-likeness (QED) is 0.663. The van der Waals surface area contributed by atoms with Crippen LogP contribution in [0.15, 0.2) is 22.7 Å². The molecule has 1 unspecified atom stereocenters. The first-order chi connectivity index (χ1) is 9.06. The number of rotatable bonds is 5. The van der Waals surface area contributed by atoms with E-state index < -0.39 is 4.92 Å². The van der Waals surface area contributed by atoms with Gasteiger partial charge in [0.15, 0.2) is 0 Å². The average molecular weight is 331 g/mol. The van der Waals surface area contributed by atoms with E-state index in [0.717, 1.165) is 12.1 Å². The monoisotopic (exact) mass is 330 g/mol. The lowest BCUT2D eigenvalue weighted by Crippen LogP contribution is -2.39. The predicted molar refractivity (Wildman–Crippen MR) is 74.5 cm³/mol. The van der Waals surface area contributed by atoms with Gasteiger partial charge in [0.25, 0.3) is 5.69 Å². The van der Waals surface area contributed by atoms with Crippen LogP contribution in [0, 0.1) is 10.1 Å². The fourth-order valence-electron chi connectivity index (χ4n) is 1.98. The van der Waals surface area contributed by atoms with Crippen molar-refractivity contribution in [3.05, 3.63) is 32.8 Å². The molecule has 0 bridgehead atoms. The van der Waals surface area contributed by atoms with E-state index in [0.29, 0.717) is 24.2 Å². The highest BCUT2D eigenvalue weighted by Gasteiger charge is 2.34. The summed E-state index contributed by atoms with van der Waals surface area (Å²) < 4.78 is 11.5. The van der Waals surface area contributed by atoms with Crippen molar-refractivity contribution in [3.63, 3.8) is 0 Å². The maximum atomic E-state index is 10.7. The van der Waals surface area contributed by atoms with Crippen LogP contribution in [0.3, 0.4) is 0 Å². The van der Waals surface area contributed by atoms with Gasteiger partial charge in [0.1, 0.15) is 5.60 Å². The van der Waals surface area contributed by atoms with Gasteiger partial charge in [-0.1, -0.05) is 0 Å². The molecule has 0 spiro atoms. The number of nitrogens with one attached hydrogen (secondary N) is 1. The number of halogens is 1. The SMILES string of the molecule is COC1(CNc2ccc([N+](=O)[O-])cc2Br)CCOC1. The molecule has 7 heteroatoms. The van der Waals surface area contributed by atoms with Crippen LogP contribution in [0.5, 0.6) is 0 Å². The summed E-state index contributed by atoms with van der Waals surface area (Å²) >= 11 is 3.33. The van der Waals surface area contributed by atoms with Crippen LogP contribution in [-0.4, -0.2) is 37.4 Å². The predicted octanol–water partition coefficient (Wildman–Crippen LogP) is 2.57. The zero-order valence-electron chi connectivity index (χ0n) is 10.5. The summed E-state index contributed by atoms with van der Waals surface area (Å²) in [6.07, 6.45) is 0.834. The lowest BCUT2D eigenvalue weighted by atomic mass is 10.0. The van der Waals surface area contributed by atoms with E-state index >= 15 is 0 Å². The Balaban J connectivity index is 2.05. The normalized spacial score (nSPS) is 22.4. The van der Waals surface area contributed by atoms with E-state index in [9.17, 15) is 10.1 Å². The molecule has 1 heterocycles.